The van der Waals surface area contributed by atoms with Crippen LogP contribution in [0, 0.1) is 0 Å². The van der Waals surface area contributed by atoms with Gasteiger partial charge in [0.05, 0.1) is 25.3 Å². The Labute approximate surface area is 174 Å². The Morgan fingerprint density at radius 3 is 2.63 bits per heavy atom. The molecule has 0 aliphatic rings. The Kier molecular flexibility index (Phi) is 6.79. The van der Waals surface area contributed by atoms with Crippen LogP contribution >= 0.6 is 0 Å². The smallest absolute Gasteiger partial charge is 0.292 e. The average molecular weight is 408 g/mol. The molecule has 30 heavy (non-hydrogen) atoms. The Morgan fingerprint density at radius 2 is 1.93 bits per heavy atom. The summed E-state index contributed by atoms with van der Waals surface area (Å²) in [7, 11) is 1.57. The fourth-order valence-electron chi connectivity index (χ4n) is 3.03. The lowest BCUT2D eigenvalue weighted by atomic mass is 10.1. The molecule has 0 saturated carbocycles. The van der Waals surface area contributed by atoms with E-state index >= 15 is 0 Å². The summed E-state index contributed by atoms with van der Waals surface area (Å²) < 4.78 is 12.1. The number of hydrogen-bond donors (Lipinski definition) is 1. The largest absolute Gasteiger partial charge is 0.493 e. The molecule has 0 aliphatic carbocycles. The van der Waals surface area contributed by atoms with Gasteiger partial charge in [0.25, 0.3) is 11.5 Å². The van der Waals surface area contributed by atoms with Crippen LogP contribution in [-0.4, -0.2) is 35.6 Å². The molecule has 2 aromatic carbocycles. The van der Waals surface area contributed by atoms with Crippen molar-refractivity contribution in [2.24, 2.45) is 5.10 Å². The molecule has 1 amide bonds. The molecule has 0 fully saturated rings. The van der Waals surface area contributed by atoms with Crippen molar-refractivity contribution in [1.82, 2.24) is 15.2 Å². The first-order valence-corrected chi connectivity index (χ1v) is 9.73. The fourth-order valence-corrected chi connectivity index (χ4v) is 3.03. The molecule has 3 aromatic rings. The minimum Gasteiger partial charge on any atom is -0.493 e. The second kappa shape index (κ2) is 9.69. The number of aryl methyl sites for hydroxylation is 1. The number of hydrogen-bond acceptors (Lipinski definition) is 6. The number of rotatable bonds is 8. The van der Waals surface area contributed by atoms with E-state index in [1.807, 2.05) is 13.8 Å². The molecule has 1 N–H and O–H groups in total. The number of carbonyl (C=O) groups excluding carboxylic acids is 1. The van der Waals surface area contributed by atoms with E-state index in [2.05, 4.69) is 15.6 Å². The Bertz CT molecular complexity index is 1140. The number of hydrazone groups is 1. The molecule has 0 spiro atoms. The van der Waals surface area contributed by atoms with Gasteiger partial charge in [-0.2, -0.15) is 10.2 Å². The van der Waals surface area contributed by atoms with Crippen LogP contribution < -0.4 is 20.5 Å². The number of benzene rings is 2. The predicted octanol–water partition coefficient (Wildman–Crippen LogP) is 2.98. The van der Waals surface area contributed by atoms with Crippen molar-refractivity contribution < 1.29 is 14.3 Å². The van der Waals surface area contributed by atoms with Crippen LogP contribution in [0.15, 0.2) is 52.4 Å². The molecule has 8 nitrogen and oxygen atoms in total. The maximum absolute atomic E-state index is 12.7. The van der Waals surface area contributed by atoms with Gasteiger partial charge in [0.1, 0.15) is 0 Å². The van der Waals surface area contributed by atoms with Crippen LogP contribution in [0.1, 0.15) is 36.3 Å². The zero-order valence-corrected chi connectivity index (χ0v) is 17.2. The lowest BCUT2D eigenvalue weighted by molar-refractivity contribution is 0.0949. The molecule has 0 radical (unpaired) electrons. The van der Waals surface area contributed by atoms with Crippen LogP contribution in [0.2, 0.25) is 0 Å². The lowest BCUT2D eigenvalue weighted by Gasteiger charge is -2.10. The highest BCUT2D eigenvalue weighted by molar-refractivity contribution is 6.04. The first-order valence-electron chi connectivity index (χ1n) is 9.73. The van der Waals surface area contributed by atoms with Gasteiger partial charge in [-0.3, -0.25) is 9.59 Å². The van der Waals surface area contributed by atoms with E-state index < -0.39 is 5.91 Å². The van der Waals surface area contributed by atoms with Crippen LogP contribution in [0.3, 0.4) is 0 Å². The van der Waals surface area contributed by atoms with Gasteiger partial charge >= 0.3 is 0 Å². The molecule has 8 heteroatoms. The molecular weight excluding hydrogens is 384 g/mol. The fraction of sp³-hybridized carbons (Fsp3) is 0.273. The van der Waals surface area contributed by atoms with Crippen molar-refractivity contribution >= 4 is 22.9 Å². The first kappa shape index (κ1) is 21.0. The van der Waals surface area contributed by atoms with Gasteiger partial charge in [0.15, 0.2) is 17.2 Å². The number of fused-ring (bicyclic) bond motifs is 1. The minimum absolute atomic E-state index is 0.153. The number of nitrogens with one attached hydrogen (secondary N) is 1. The molecule has 1 aromatic heterocycles. The van der Waals surface area contributed by atoms with Gasteiger partial charge < -0.3 is 9.47 Å². The lowest BCUT2D eigenvalue weighted by Crippen LogP contribution is -2.29. The highest BCUT2D eigenvalue weighted by Crippen LogP contribution is 2.27. The van der Waals surface area contributed by atoms with Gasteiger partial charge in [0, 0.05) is 11.9 Å². The third kappa shape index (κ3) is 4.48. The van der Waals surface area contributed by atoms with E-state index in [-0.39, 0.29) is 11.3 Å². The third-order valence-corrected chi connectivity index (χ3v) is 4.39. The summed E-state index contributed by atoms with van der Waals surface area (Å²) in [5.41, 5.74) is 3.16. The van der Waals surface area contributed by atoms with Crippen molar-refractivity contribution in [2.75, 3.05) is 13.7 Å². The van der Waals surface area contributed by atoms with Crippen molar-refractivity contribution in [2.45, 2.75) is 26.8 Å². The van der Waals surface area contributed by atoms with Crippen LogP contribution in [0.4, 0.5) is 0 Å². The predicted molar refractivity (Wildman–Crippen MR) is 116 cm³/mol. The zero-order chi connectivity index (χ0) is 21.5. The number of amides is 1. The van der Waals surface area contributed by atoms with E-state index in [0.717, 1.165) is 12.0 Å². The van der Waals surface area contributed by atoms with Gasteiger partial charge in [0.2, 0.25) is 0 Å². The molecule has 3 rings (SSSR count). The van der Waals surface area contributed by atoms with E-state index in [4.69, 9.17) is 9.47 Å². The van der Waals surface area contributed by atoms with Crippen molar-refractivity contribution in [3.05, 3.63) is 64.1 Å². The number of aromatic nitrogens is 2. The maximum Gasteiger partial charge on any atom is 0.292 e. The molecule has 0 saturated heterocycles. The average Bonchev–Trinajstić information content (AvgIpc) is 2.76. The summed E-state index contributed by atoms with van der Waals surface area (Å²) in [6, 6.07) is 12.3. The maximum atomic E-state index is 12.7. The summed E-state index contributed by atoms with van der Waals surface area (Å²) >= 11 is 0. The van der Waals surface area contributed by atoms with Crippen LogP contribution in [0.25, 0.3) is 10.8 Å². The Balaban J connectivity index is 1.86. The minimum atomic E-state index is -0.495. The zero-order valence-electron chi connectivity index (χ0n) is 17.2. The molecule has 156 valence electrons. The second-order valence-electron chi connectivity index (χ2n) is 6.46. The second-order valence-corrected chi connectivity index (χ2v) is 6.46. The van der Waals surface area contributed by atoms with E-state index in [1.54, 1.807) is 49.6 Å². The summed E-state index contributed by atoms with van der Waals surface area (Å²) in [4.78, 5) is 25.3. The summed E-state index contributed by atoms with van der Waals surface area (Å²) in [6.07, 6.45) is 2.23. The monoisotopic (exact) mass is 408 g/mol. The highest BCUT2D eigenvalue weighted by Gasteiger charge is 2.16. The Morgan fingerprint density at radius 1 is 1.17 bits per heavy atom. The van der Waals surface area contributed by atoms with E-state index in [1.165, 1.54) is 10.9 Å². The molecule has 0 unspecified atom stereocenters. The topological polar surface area (TPSA) is 94.8 Å². The molecule has 0 bridgehead atoms. The van der Waals surface area contributed by atoms with Gasteiger partial charge in [-0.05, 0) is 43.2 Å². The van der Waals surface area contributed by atoms with Crippen LogP contribution in [0.5, 0.6) is 11.5 Å². The molecule has 0 atom stereocenters. The third-order valence-electron chi connectivity index (χ3n) is 4.39. The quantitative estimate of drug-likeness (QED) is 0.457. The molecule has 1 heterocycles. The van der Waals surface area contributed by atoms with Gasteiger partial charge in [-0.1, -0.05) is 25.1 Å². The van der Waals surface area contributed by atoms with E-state index in [0.29, 0.717) is 35.4 Å². The van der Waals surface area contributed by atoms with Crippen molar-refractivity contribution in [1.29, 1.82) is 0 Å². The molecule has 0 aliphatic heterocycles. The number of methoxy groups -OCH3 is 1. The van der Waals surface area contributed by atoms with Gasteiger partial charge in [-0.15, -0.1) is 0 Å². The summed E-state index contributed by atoms with van der Waals surface area (Å²) in [5.74, 6) is 0.715. The number of ether oxygens (including phenoxy) is 2. The number of nitrogens with zero attached hydrogens (tertiary/aromatic N) is 3. The van der Waals surface area contributed by atoms with Crippen molar-refractivity contribution in [3.63, 3.8) is 0 Å². The normalized spacial score (nSPS) is 11.0. The standard InChI is InChI=1S/C22H24N4O4/c1-4-12-26-22(28)17-9-7-6-8-16(17)20(25-26)21(27)24-23-14-15-10-11-18(29-3)19(13-15)30-5-2/h6-11,13-14H,4-5,12H2,1-3H3,(H,24,27). The Hall–Kier alpha value is -3.68. The van der Waals surface area contributed by atoms with E-state index in [9.17, 15) is 9.59 Å². The van der Waals surface area contributed by atoms with Crippen molar-refractivity contribution in [3.8, 4) is 11.5 Å². The summed E-state index contributed by atoms with van der Waals surface area (Å²) in [5, 5.41) is 9.23. The number of carbonyl (C=O) groups is 1. The highest BCUT2D eigenvalue weighted by atomic mass is 16.5. The van der Waals surface area contributed by atoms with Crippen LogP contribution in [-0.2, 0) is 6.54 Å². The SMILES string of the molecule is CCCn1nc(C(=O)NN=Cc2ccc(OC)c(OCC)c2)c2ccccc2c1=O. The first-order chi connectivity index (χ1) is 14.6. The molecular formula is C22H24N4O4. The summed E-state index contributed by atoms with van der Waals surface area (Å²) in [6.45, 7) is 4.76. The van der Waals surface area contributed by atoms with Gasteiger partial charge in [-0.25, -0.2) is 10.1 Å².